The Bertz CT molecular complexity index is 627. The SMILES string of the molecule is CC(C)C[C@@H]1NC(c2cn(C)nn2)N(CC(=O)CCC(=O)O)C1=O. The van der Waals surface area contributed by atoms with Crippen molar-refractivity contribution in [3.05, 3.63) is 11.9 Å². The van der Waals surface area contributed by atoms with Crippen LogP contribution in [-0.4, -0.2) is 55.2 Å². The number of nitrogens with one attached hydrogen (secondary N) is 1. The van der Waals surface area contributed by atoms with Crippen LogP contribution >= 0.6 is 0 Å². The van der Waals surface area contributed by atoms with Gasteiger partial charge < -0.3 is 10.0 Å². The number of carbonyl (C=O) groups is 3. The second-order valence-electron chi connectivity index (χ2n) is 6.47. The zero-order valence-electron chi connectivity index (χ0n) is 14.1. The maximum atomic E-state index is 12.6. The van der Waals surface area contributed by atoms with Crippen LogP contribution in [0.25, 0.3) is 0 Å². The summed E-state index contributed by atoms with van der Waals surface area (Å²) in [6.45, 7) is 3.91. The van der Waals surface area contributed by atoms with Crippen molar-refractivity contribution in [3.8, 4) is 0 Å². The molecule has 1 amide bonds. The molecule has 2 N–H and O–H groups in total. The molecule has 2 atom stereocenters. The van der Waals surface area contributed by atoms with Crippen LogP contribution in [0, 0.1) is 5.92 Å². The summed E-state index contributed by atoms with van der Waals surface area (Å²) in [5.74, 6) is -1.16. The number of aryl methyl sites for hydroxylation is 1. The average molecular weight is 337 g/mol. The van der Waals surface area contributed by atoms with Gasteiger partial charge in [0.1, 0.15) is 11.9 Å². The summed E-state index contributed by atoms with van der Waals surface area (Å²) in [6.07, 6.45) is 1.48. The lowest BCUT2D eigenvalue weighted by atomic mass is 10.0. The lowest BCUT2D eigenvalue weighted by Crippen LogP contribution is -2.36. The summed E-state index contributed by atoms with van der Waals surface area (Å²) in [7, 11) is 1.72. The first-order valence-electron chi connectivity index (χ1n) is 7.94. The molecule has 0 saturated carbocycles. The summed E-state index contributed by atoms with van der Waals surface area (Å²) in [6, 6.07) is -0.385. The van der Waals surface area contributed by atoms with Crippen molar-refractivity contribution in [2.24, 2.45) is 13.0 Å². The molecule has 0 radical (unpaired) electrons. The molecule has 24 heavy (non-hydrogen) atoms. The van der Waals surface area contributed by atoms with E-state index in [9.17, 15) is 14.4 Å². The third-order valence-corrected chi connectivity index (χ3v) is 3.82. The Hall–Kier alpha value is -2.29. The lowest BCUT2D eigenvalue weighted by molar-refractivity contribution is -0.139. The normalized spacial score (nSPS) is 20.8. The number of hydrogen-bond donors (Lipinski definition) is 2. The van der Waals surface area contributed by atoms with Gasteiger partial charge in [-0.15, -0.1) is 5.10 Å². The molecular weight excluding hydrogens is 314 g/mol. The van der Waals surface area contributed by atoms with Gasteiger partial charge >= 0.3 is 5.97 Å². The van der Waals surface area contributed by atoms with Crippen LogP contribution in [0.15, 0.2) is 6.20 Å². The van der Waals surface area contributed by atoms with Gasteiger partial charge in [0.05, 0.1) is 25.2 Å². The van der Waals surface area contributed by atoms with Crippen LogP contribution in [0.2, 0.25) is 0 Å². The molecule has 0 bridgehead atoms. The largest absolute Gasteiger partial charge is 0.481 e. The molecule has 9 heteroatoms. The molecule has 1 aromatic heterocycles. The van der Waals surface area contributed by atoms with E-state index in [1.807, 2.05) is 13.8 Å². The molecule has 9 nitrogen and oxygen atoms in total. The Morgan fingerprint density at radius 3 is 2.62 bits per heavy atom. The van der Waals surface area contributed by atoms with Crippen molar-refractivity contribution in [1.82, 2.24) is 25.2 Å². The number of nitrogens with zero attached hydrogens (tertiary/aromatic N) is 4. The molecule has 2 heterocycles. The number of hydrogen-bond acceptors (Lipinski definition) is 6. The van der Waals surface area contributed by atoms with Crippen LogP contribution in [0.1, 0.15) is 45.0 Å². The van der Waals surface area contributed by atoms with Gasteiger partial charge in [-0.2, -0.15) is 0 Å². The van der Waals surface area contributed by atoms with Gasteiger partial charge in [-0.05, 0) is 12.3 Å². The number of carbonyl (C=O) groups excluding carboxylic acids is 2. The van der Waals surface area contributed by atoms with Gasteiger partial charge in [-0.25, -0.2) is 0 Å². The number of rotatable bonds is 8. The summed E-state index contributed by atoms with van der Waals surface area (Å²) >= 11 is 0. The smallest absolute Gasteiger partial charge is 0.303 e. The maximum absolute atomic E-state index is 12.6. The highest BCUT2D eigenvalue weighted by atomic mass is 16.4. The van der Waals surface area contributed by atoms with Gasteiger partial charge in [-0.3, -0.25) is 24.4 Å². The van der Waals surface area contributed by atoms with E-state index in [0.717, 1.165) is 0 Å². The number of carboxylic acid groups (broad SMARTS) is 1. The average Bonchev–Trinajstić information content (AvgIpc) is 3.03. The monoisotopic (exact) mass is 337 g/mol. The Balaban J connectivity index is 2.14. The molecule has 0 aliphatic carbocycles. The van der Waals surface area contributed by atoms with E-state index in [1.54, 1.807) is 13.2 Å². The van der Waals surface area contributed by atoms with E-state index in [1.165, 1.54) is 9.58 Å². The molecule has 1 unspecified atom stereocenters. The zero-order chi connectivity index (χ0) is 17.9. The van der Waals surface area contributed by atoms with Crippen LogP contribution in [0.3, 0.4) is 0 Å². The minimum absolute atomic E-state index is 0.0961. The van der Waals surface area contributed by atoms with Gasteiger partial charge in [0.15, 0.2) is 5.78 Å². The Morgan fingerprint density at radius 1 is 1.38 bits per heavy atom. The number of aromatic nitrogens is 3. The number of ketones is 1. The Labute approximate surface area is 140 Å². The van der Waals surface area contributed by atoms with E-state index < -0.39 is 12.1 Å². The molecular formula is C15H23N5O4. The molecule has 0 spiro atoms. The lowest BCUT2D eigenvalue weighted by Gasteiger charge is -2.21. The van der Waals surface area contributed by atoms with Gasteiger partial charge in [0, 0.05) is 13.5 Å². The van der Waals surface area contributed by atoms with Crippen molar-refractivity contribution < 1.29 is 19.5 Å². The van der Waals surface area contributed by atoms with Gasteiger partial charge in [0.2, 0.25) is 5.91 Å². The number of amides is 1. The second-order valence-corrected chi connectivity index (χ2v) is 6.47. The molecule has 1 saturated heterocycles. The summed E-state index contributed by atoms with van der Waals surface area (Å²) in [5, 5.41) is 19.8. The van der Waals surface area contributed by atoms with Crippen molar-refractivity contribution in [2.45, 2.75) is 45.3 Å². The molecule has 1 aliphatic rings. The number of aliphatic carboxylic acids is 1. The highest BCUT2D eigenvalue weighted by Crippen LogP contribution is 2.26. The van der Waals surface area contributed by atoms with E-state index >= 15 is 0 Å². The van der Waals surface area contributed by atoms with Crippen LogP contribution < -0.4 is 5.32 Å². The first-order chi connectivity index (χ1) is 11.3. The molecule has 2 rings (SSSR count). The third kappa shape index (κ3) is 4.38. The standard InChI is InChI=1S/C15H23N5O4/c1-9(2)6-11-15(24)20(7-10(21)4-5-13(22)23)14(16-11)12-8-19(3)18-17-12/h8-9,11,14,16H,4-7H2,1-3H3,(H,22,23)/t11-,14?/m0/s1. The first kappa shape index (κ1) is 18.1. The van der Waals surface area contributed by atoms with Crippen LogP contribution in [0.5, 0.6) is 0 Å². The minimum Gasteiger partial charge on any atom is -0.481 e. The fourth-order valence-electron chi connectivity index (χ4n) is 2.74. The predicted octanol–water partition coefficient (Wildman–Crippen LogP) is 0.0941. The summed E-state index contributed by atoms with van der Waals surface area (Å²) < 4.78 is 1.53. The van der Waals surface area contributed by atoms with Crippen molar-refractivity contribution in [3.63, 3.8) is 0 Å². The van der Waals surface area contributed by atoms with Crippen LogP contribution in [-0.2, 0) is 21.4 Å². The molecule has 0 aromatic carbocycles. The topological polar surface area (TPSA) is 117 Å². The van der Waals surface area contributed by atoms with Crippen molar-refractivity contribution in [1.29, 1.82) is 0 Å². The third-order valence-electron chi connectivity index (χ3n) is 3.82. The van der Waals surface area contributed by atoms with Gasteiger partial charge in [-0.1, -0.05) is 19.1 Å². The fraction of sp³-hybridized carbons (Fsp3) is 0.667. The van der Waals surface area contributed by atoms with E-state index in [4.69, 9.17) is 5.11 Å². The fourth-order valence-corrected chi connectivity index (χ4v) is 2.74. The first-order valence-corrected chi connectivity index (χ1v) is 7.94. The minimum atomic E-state index is -1.03. The van der Waals surface area contributed by atoms with Crippen LogP contribution in [0.4, 0.5) is 0 Å². The predicted molar refractivity (Wildman–Crippen MR) is 83.7 cm³/mol. The summed E-state index contributed by atoms with van der Waals surface area (Å²) in [4.78, 5) is 36.7. The second kappa shape index (κ2) is 7.52. The number of carboxylic acids is 1. The molecule has 132 valence electrons. The van der Waals surface area contributed by atoms with Gasteiger partial charge in [0.25, 0.3) is 0 Å². The maximum Gasteiger partial charge on any atom is 0.303 e. The van der Waals surface area contributed by atoms with E-state index in [-0.39, 0.29) is 37.1 Å². The van der Waals surface area contributed by atoms with E-state index in [0.29, 0.717) is 18.0 Å². The molecule has 1 aliphatic heterocycles. The Morgan fingerprint density at radius 2 is 2.08 bits per heavy atom. The number of Topliss-reactive ketones (excluding diaryl/α,β-unsaturated/α-hetero) is 1. The zero-order valence-corrected chi connectivity index (χ0v) is 14.1. The molecule has 1 aromatic rings. The highest BCUT2D eigenvalue weighted by molar-refractivity contribution is 5.91. The Kier molecular flexibility index (Phi) is 5.66. The quantitative estimate of drug-likeness (QED) is 0.690. The molecule has 1 fully saturated rings. The van der Waals surface area contributed by atoms with Crippen molar-refractivity contribution >= 4 is 17.7 Å². The van der Waals surface area contributed by atoms with Crippen molar-refractivity contribution in [2.75, 3.05) is 6.54 Å². The summed E-state index contributed by atoms with van der Waals surface area (Å²) in [5.41, 5.74) is 0.558. The highest BCUT2D eigenvalue weighted by Gasteiger charge is 2.41. The van der Waals surface area contributed by atoms with E-state index in [2.05, 4.69) is 15.6 Å².